The second-order valence-corrected chi connectivity index (χ2v) is 7.73. The minimum atomic E-state index is -0.580. The molecular formula is C21H25N3O6S. The zero-order chi connectivity index (χ0) is 22.5. The number of methoxy groups -OCH3 is 1. The third kappa shape index (κ3) is 4.74. The molecule has 2 N–H and O–H groups in total. The first kappa shape index (κ1) is 22.4. The number of esters is 1. The van der Waals surface area contributed by atoms with E-state index < -0.39 is 5.97 Å². The molecule has 0 saturated carbocycles. The average Bonchev–Trinajstić information content (AvgIpc) is 3.08. The van der Waals surface area contributed by atoms with Crippen LogP contribution in [0.2, 0.25) is 0 Å². The summed E-state index contributed by atoms with van der Waals surface area (Å²) in [4.78, 5) is 39.7. The fourth-order valence-electron chi connectivity index (χ4n) is 3.26. The Hall–Kier alpha value is -3.27. The van der Waals surface area contributed by atoms with E-state index in [-0.39, 0.29) is 30.5 Å². The van der Waals surface area contributed by atoms with Crippen molar-refractivity contribution in [1.82, 2.24) is 5.32 Å². The minimum absolute atomic E-state index is 0.0397. The molecule has 10 heteroatoms. The lowest BCUT2D eigenvalue weighted by Gasteiger charge is -2.30. The van der Waals surface area contributed by atoms with Crippen molar-refractivity contribution in [3.8, 4) is 11.5 Å². The number of nitrogens with one attached hydrogen (secondary N) is 2. The smallest absolute Gasteiger partial charge is 0.341 e. The predicted molar refractivity (Wildman–Crippen MR) is 118 cm³/mol. The third-order valence-electron chi connectivity index (χ3n) is 4.77. The van der Waals surface area contributed by atoms with Crippen LogP contribution >= 0.6 is 11.3 Å². The fourth-order valence-corrected chi connectivity index (χ4v) is 4.42. The number of benzene rings is 1. The highest BCUT2D eigenvalue weighted by Gasteiger charge is 2.27. The van der Waals surface area contributed by atoms with Gasteiger partial charge in [-0.1, -0.05) is 0 Å². The average molecular weight is 448 g/mol. The van der Waals surface area contributed by atoms with Gasteiger partial charge in [0.1, 0.15) is 23.1 Å². The van der Waals surface area contributed by atoms with Crippen LogP contribution in [0.15, 0.2) is 18.2 Å². The second kappa shape index (κ2) is 9.69. The van der Waals surface area contributed by atoms with Crippen molar-refractivity contribution in [1.29, 1.82) is 0 Å². The number of rotatable bonds is 7. The molecule has 0 atom stereocenters. The lowest BCUT2D eigenvalue weighted by Crippen LogP contribution is -2.38. The lowest BCUT2D eigenvalue weighted by atomic mass is 10.1. The van der Waals surface area contributed by atoms with Gasteiger partial charge in [-0.25, -0.2) is 4.79 Å². The highest BCUT2D eigenvalue weighted by molar-refractivity contribution is 7.18. The van der Waals surface area contributed by atoms with Crippen LogP contribution in [-0.4, -0.2) is 58.2 Å². The summed E-state index contributed by atoms with van der Waals surface area (Å²) < 4.78 is 16.1. The Morgan fingerprint density at radius 2 is 2.06 bits per heavy atom. The van der Waals surface area contributed by atoms with E-state index in [1.165, 1.54) is 7.05 Å². The summed E-state index contributed by atoms with van der Waals surface area (Å²) in [6, 6.07) is 5.41. The largest absolute Gasteiger partial charge is 0.497 e. The lowest BCUT2D eigenvalue weighted by molar-refractivity contribution is -0.115. The molecule has 0 spiro atoms. The first-order chi connectivity index (χ1) is 14.9. The topological polar surface area (TPSA) is 106 Å². The molecule has 1 aromatic heterocycles. The van der Waals surface area contributed by atoms with Crippen molar-refractivity contribution < 1.29 is 28.6 Å². The molecular weight excluding hydrogens is 422 g/mol. The van der Waals surface area contributed by atoms with Gasteiger partial charge in [-0.2, -0.15) is 0 Å². The number of thiophene rings is 1. The second-order valence-electron chi connectivity index (χ2n) is 6.71. The maximum atomic E-state index is 12.9. The van der Waals surface area contributed by atoms with Gasteiger partial charge in [0.25, 0.3) is 5.91 Å². The number of hydrogen-bond acceptors (Lipinski definition) is 8. The van der Waals surface area contributed by atoms with Crippen LogP contribution < -0.4 is 25.0 Å². The van der Waals surface area contributed by atoms with Crippen molar-refractivity contribution in [3.05, 3.63) is 34.2 Å². The first-order valence-corrected chi connectivity index (χ1v) is 10.6. The highest BCUT2D eigenvalue weighted by Crippen LogP contribution is 2.36. The van der Waals surface area contributed by atoms with Gasteiger partial charge in [0.05, 0.1) is 42.9 Å². The summed E-state index contributed by atoms with van der Waals surface area (Å²) in [5, 5.41) is 5.62. The van der Waals surface area contributed by atoms with Crippen LogP contribution in [0.4, 0.5) is 10.7 Å². The van der Waals surface area contributed by atoms with Crippen LogP contribution in [0.25, 0.3) is 0 Å². The summed E-state index contributed by atoms with van der Waals surface area (Å²) in [7, 11) is 3.08. The molecule has 2 heterocycles. The maximum absolute atomic E-state index is 12.9. The molecule has 0 radical (unpaired) electrons. The van der Waals surface area contributed by atoms with Gasteiger partial charge in [-0.15, -0.1) is 11.3 Å². The Balaban J connectivity index is 1.84. The van der Waals surface area contributed by atoms with Gasteiger partial charge in [0.15, 0.2) is 0 Å². The van der Waals surface area contributed by atoms with Gasteiger partial charge < -0.3 is 29.7 Å². The van der Waals surface area contributed by atoms with E-state index in [9.17, 15) is 14.4 Å². The zero-order valence-electron chi connectivity index (χ0n) is 17.9. The molecule has 0 saturated heterocycles. The Kier molecular flexibility index (Phi) is 7.01. The first-order valence-electron chi connectivity index (χ1n) is 9.77. The quantitative estimate of drug-likeness (QED) is 0.628. The Morgan fingerprint density at radius 1 is 1.29 bits per heavy atom. The van der Waals surface area contributed by atoms with E-state index in [1.54, 1.807) is 33.1 Å². The minimum Gasteiger partial charge on any atom is -0.497 e. The molecule has 1 aromatic carbocycles. The molecule has 2 aromatic rings. The van der Waals surface area contributed by atoms with Crippen LogP contribution in [0.3, 0.4) is 0 Å². The van der Waals surface area contributed by atoms with E-state index in [0.717, 1.165) is 17.0 Å². The molecule has 0 bridgehead atoms. The fraction of sp³-hybridized carbons (Fsp3) is 0.381. The summed E-state index contributed by atoms with van der Waals surface area (Å²) in [5.74, 6) is 0.0844. The number of amides is 2. The number of fused-ring (bicyclic) bond motifs is 1. The maximum Gasteiger partial charge on any atom is 0.341 e. The SMILES string of the molecule is CCOC(=O)c1c(NC(=O)CN2CCOc3ccc(OC)cc32)sc(C(=O)NC)c1C. The van der Waals surface area contributed by atoms with Gasteiger partial charge in [0.2, 0.25) is 5.91 Å². The molecule has 1 aliphatic heterocycles. The van der Waals surface area contributed by atoms with Crippen molar-refractivity contribution in [3.63, 3.8) is 0 Å². The molecule has 2 amide bonds. The Morgan fingerprint density at radius 3 is 2.74 bits per heavy atom. The molecule has 0 fully saturated rings. The van der Waals surface area contributed by atoms with Crippen molar-refractivity contribution in [2.24, 2.45) is 0 Å². The molecule has 0 unspecified atom stereocenters. The summed E-state index contributed by atoms with van der Waals surface area (Å²) in [6.07, 6.45) is 0. The van der Waals surface area contributed by atoms with Crippen molar-refractivity contribution in [2.75, 3.05) is 50.7 Å². The van der Waals surface area contributed by atoms with Crippen LogP contribution in [0, 0.1) is 6.92 Å². The summed E-state index contributed by atoms with van der Waals surface area (Å²) in [6.45, 7) is 4.54. The van der Waals surface area contributed by atoms with E-state index >= 15 is 0 Å². The normalized spacial score (nSPS) is 12.5. The van der Waals surface area contributed by atoms with E-state index in [0.29, 0.717) is 40.1 Å². The Bertz CT molecular complexity index is 1000. The summed E-state index contributed by atoms with van der Waals surface area (Å²) >= 11 is 1.05. The molecule has 166 valence electrons. The van der Waals surface area contributed by atoms with E-state index in [4.69, 9.17) is 14.2 Å². The van der Waals surface area contributed by atoms with Crippen LogP contribution in [0.1, 0.15) is 32.5 Å². The van der Waals surface area contributed by atoms with Crippen molar-refractivity contribution >= 4 is 39.8 Å². The zero-order valence-corrected chi connectivity index (χ0v) is 18.7. The number of ether oxygens (including phenoxy) is 3. The third-order valence-corrected chi connectivity index (χ3v) is 5.98. The predicted octanol–water partition coefficient (Wildman–Crippen LogP) is 2.44. The van der Waals surface area contributed by atoms with Gasteiger partial charge in [-0.05, 0) is 31.5 Å². The number of anilines is 2. The number of carbonyl (C=O) groups excluding carboxylic acids is 3. The van der Waals surface area contributed by atoms with Crippen LogP contribution in [0.5, 0.6) is 11.5 Å². The van der Waals surface area contributed by atoms with Gasteiger partial charge in [-0.3, -0.25) is 9.59 Å². The Labute approximate surface area is 184 Å². The molecule has 9 nitrogen and oxygen atoms in total. The summed E-state index contributed by atoms with van der Waals surface area (Å²) in [5.41, 5.74) is 1.42. The van der Waals surface area contributed by atoms with E-state index in [2.05, 4.69) is 10.6 Å². The van der Waals surface area contributed by atoms with Crippen molar-refractivity contribution in [2.45, 2.75) is 13.8 Å². The highest BCUT2D eigenvalue weighted by atomic mass is 32.1. The van der Waals surface area contributed by atoms with E-state index in [1.807, 2.05) is 11.0 Å². The molecule has 1 aliphatic rings. The standard InChI is InChI=1S/C21H25N3O6S/c1-5-29-21(27)17-12(2)18(19(26)22-3)31-20(17)23-16(25)11-24-8-9-30-15-7-6-13(28-4)10-14(15)24/h6-7,10H,5,8-9,11H2,1-4H3,(H,22,26)(H,23,25). The molecule has 31 heavy (non-hydrogen) atoms. The van der Waals surface area contributed by atoms with Gasteiger partial charge >= 0.3 is 5.97 Å². The van der Waals surface area contributed by atoms with Gasteiger partial charge in [0, 0.05) is 13.1 Å². The number of hydrogen-bond donors (Lipinski definition) is 2. The van der Waals surface area contributed by atoms with Crippen LogP contribution in [-0.2, 0) is 9.53 Å². The molecule has 3 rings (SSSR count). The monoisotopic (exact) mass is 447 g/mol. The number of carbonyl (C=O) groups is 3. The number of nitrogens with zero attached hydrogens (tertiary/aromatic N) is 1. The molecule has 0 aliphatic carbocycles.